The number of ether oxygens (including phenoxy) is 2. The van der Waals surface area contributed by atoms with E-state index in [1.165, 1.54) is 24.3 Å². The summed E-state index contributed by atoms with van der Waals surface area (Å²) >= 11 is 6.14. The molecule has 8 nitrogen and oxygen atoms in total. The summed E-state index contributed by atoms with van der Waals surface area (Å²) in [6, 6.07) is 4.96. The van der Waals surface area contributed by atoms with Crippen molar-refractivity contribution >= 4 is 47.1 Å². The molecular weight excluding hydrogens is 572 g/mol. The number of halogens is 5. The third-order valence-corrected chi connectivity index (χ3v) is 7.74. The van der Waals surface area contributed by atoms with Crippen molar-refractivity contribution in [3.63, 3.8) is 0 Å². The second kappa shape index (κ2) is 11.9. The van der Waals surface area contributed by atoms with Crippen molar-refractivity contribution in [3.8, 4) is 5.88 Å². The number of benzene rings is 1. The molecule has 4 N–H and O–H groups in total. The number of aromatic nitrogens is 2. The SMILES string of the molecule is Cl.Nc1nc(O[C@H](c2ccc(Cl)cc2C2=CCCOC2)C(F)(F)F)cc(C2=CC[C@@]3(CC2)CN[C@@H](C(=O)O)C3)n1. The first kappa shape index (κ1) is 30.1. The largest absolute Gasteiger partial charge is 0.480 e. The summed E-state index contributed by atoms with van der Waals surface area (Å²) in [4.78, 5) is 19.5. The monoisotopic (exact) mass is 600 g/mol. The Balaban J connectivity index is 0.00000370. The number of nitrogens with zero attached hydrogens (tertiary/aromatic N) is 2. The van der Waals surface area contributed by atoms with Gasteiger partial charge in [0.2, 0.25) is 17.9 Å². The van der Waals surface area contributed by atoms with Crippen LogP contribution in [0.2, 0.25) is 5.02 Å². The predicted octanol–water partition coefficient (Wildman–Crippen LogP) is 5.62. The van der Waals surface area contributed by atoms with Gasteiger partial charge in [-0.15, -0.1) is 12.4 Å². The average Bonchev–Trinajstić information content (AvgIpc) is 3.31. The zero-order valence-corrected chi connectivity index (χ0v) is 22.9. The van der Waals surface area contributed by atoms with Crippen LogP contribution in [0.4, 0.5) is 19.1 Å². The van der Waals surface area contributed by atoms with Crippen LogP contribution >= 0.6 is 24.0 Å². The van der Waals surface area contributed by atoms with Gasteiger partial charge in [-0.1, -0.05) is 29.8 Å². The lowest BCUT2D eigenvalue weighted by Gasteiger charge is -2.32. The number of alkyl halides is 3. The lowest BCUT2D eigenvalue weighted by Crippen LogP contribution is -2.30. The summed E-state index contributed by atoms with van der Waals surface area (Å²) in [6.45, 7) is 1.25. The van der Waals surface area contributed by atoms with Gasteiger partial charge in [-0.3, -0.25) is 4.79 Å². The number of carboxylic acids is 1. The number of carboxylic acid groups (broad SMARTS) is 1. The Bertz CT molecular complexity index is 1340. The van der Waals surface area contributed by atoms with Gasteiger partial charge >= 0.3 is 12.1 Å². The topological polar surface area (TPSA) is 120 Å². The van der Waals surface area contributed by atoms with Crippen LogP contribution in [0, 0.1) is 5.41 Å². The number of nitrogens with one attached hydrogen (secondary N) is 1. The first-order valence-electron chi connectivity index (χ1n) is 12.6. The maximum Gasteiger partial charge on any atom is 0.429 e. The van der Waals surface area contributed by atoms with E-state index in [2.05, 4.69) is 15.3 Å². The van der Waals surface area contributed by atoms with Crippen LogP contribution < -0.4 is 15.8 Å². The van der Waals surface area contributed by atoms with Crippen LogP contribution in [0.5, 0.6) is 5.88 Å². The molecule has 3 aliphatic rings. The van der Waals surface area contributed by atoms with Gasteiger partial charge in [-0.05, 0) is 66.4 Å². The fourth-order valence-electron chi connectivity index (χ4n) is 5.49. The number of anilines is 1. The van der Waals surface area contributed by atoms with Crippen LogP contribution in [-0.2, 0) is 9.53 Å². The second-order valence-corrected chi connectivity index (χ2v) is 10.6. The number of allylic oxidation sites excluding steroid dienone is 2. The molecular formula is C27H29Cl2F3N4O4. The Labute approximate surface area is 240 Å². The Morgan fingerprint density at radius 1 is 1.25 bits per heavy atom. The average molecular weight is 601 g/mol. The Morgan fingerprint density at radius 2 is 2.05 bits per heavy atom. The molecule has 3 atom stereocenters. The van der Waals surface area contributed by atoms with E-state index in [1.54, 1.807) is 0 Å². The minimum Gasteiger partial charge on any atom is -0.480 e. The molecule has 2 aliphatic heterocycles. The maximum absolute atomic E-state index is 14.4. The molecule has 0 radical (unpaired) electrons. The molecule has 13 heteroatoms. The van der Waals surface area contributed by atoms with Crippen LogP contribution in [0.1, 0.15) is 55.0 Å². The van der Waals surface area contributed by atoms with Gasteiger partial charge in [0.15, 0.2) is 0 Å². The van der Waals surface area contributed by atoms with Crippen molar-refractivity contribution in [2.45, 2.75) is 50.4 Å². The summed E-state index contributed by atoms with van der Waals surface area (Å²) in [5, 5.41) is 12.7. The molecule has 2 aromatic rings. The Morgan fingerprint density at radius 3 is 2.67 bits per heavy atom. The molecule has 1 aromatic heterocycles. The van der Waals surface area contributed by atoms with E-state index < -0.39 is 24.3 Å². The predicted molar refractivity (Wildman–Crippen MR) is 146 cm³/mol. The normalized spacial score (nSPS) is 23.6. The van der Waals surface area contributed by atoms with Gasteiger partial charge in [0, 0.05) is 23.2 Å². The number of hydrogen-bond acceptors (Lipinski definition) is 7. The highest BCUT2D eigenvalue weighted by Gasteiger charge is 2.45. The highest BCUT2D eigenvalue weighted by Crippen LogP contribution is 2.45. The van der Waals surface area contributed by atoms with Crippen LogP contribution in [0.15, 0.2) is 36.4 Å². The minimum absolute atomic E-state index is 0. The molecule has 3 heterocycles. The fourth-order valence-corrected chi connectivity index (χ4v) is 5.66. The van der Waals surface area contributed by atoms with Crippen molar-refractivity contribution in [2.75, 3.05) is 25.5 Å². The van der Waals surface area contributed by atoms with Crippen molar-refractivity contribution in [3.05, 3.63) is 58.3 Å². The minimum atomic E-state index is -4.77. The van der Waals surface area contributed by atoms with Gasteiger partial charge in [0.05, 0.1) is 18.9 Å². The zero-order valence-electron chi connectivity index (χ0n) is 21.3. The summed E-state index contributed by atoms with van der Waals surface area (Å²) in [7, 11) is 0. The molecule has 0 unspecified atom stereocenters. The van der Waals surface area contributed by atoms with Crippen molar-refractivity contribution in [2.24, 2.45) is 5.41 Å². The van der Waals surface area contributed by atoms with E-state index >= 15 is 0 Å². The number of carbonyl (C=O) groups is 1. The molecule has 5 rings (SSSR count). The number of hydrogen-bond donors (Lipinski definition) is 3. The van der Waals surface area contributed by atoms with E-state index in [9.17, 15) is 23.1 Å². The smallest absolute Gasteiger partial charge is 0.429 e. The maximum atomic E-state index is 14.4. The molecule has 1 fully saturated rings. The molecule has 1 spiro atoms. The highest BCUT2D eigenvalue weighted by atomic mass is 35.5. The third kappa shape index (κ3) is 6.54. The molecule has 40 heavy (non-hydrogen) atoms. The van der Waals surface area contributed by atoms with E-state index in [0.29, 0.717) is 67.1 Å². The van der Waals surface area contributed by atoms with Crippen molar-refractivity contribution < 1.29 is 32.5 Å². The van der Waals surface area contributed by atoms with Gasteiger partial charge < -0.3 is 25.6 Å². The standard InChI is InChI=1S/C27H28ClF3N4O4.ClH/c28-17-3-4-18(19(10-17)16-2-1-9-38-13-16)23(27(29,30)31)39-22-11-20(34-25(32)35-22)15-5-7-26(8-6-15)12-21(24(36)37)33-14-26;/h2-5,10-11,21,23,33H,1,6-9,12-14H2,(H,36,37)(H2,32,34,35);1H/t21-,23-,26+;/m1./s1. The highest BCUT2D eigenvalue weighted by molar-refractivity contribution is 6.30. The van der Waals surface area contributed by atoms with E-state index in [1.807, 2.05) is 12.2 Å². The molecule has 1 aliphatic carbocycles. The molecule has 0 saturated carbocycles. The number of nitrogen functional groups attached to an aromatic ring is 1. The van der Waals surface area contributed by atoms with Gasteiger partial charge in [0.25, 0.3) is 0 Å². The first-order chi connectivity index (χ1) is 18.5. The summed E-state index contributed by atoms with van der Waals surface area (Å²) in [5.41, 5.74) is 7.71. The fraction of sp³-hybridized carbons (Fsp3) is 0.444. The summed E-state index contributed by atoms with van der Waals surface area (Å²) in [6.07, 6.45) is -0.313. The Kier molecular flexibility index (Phi) is 8.99. The molecule has 1 aromatic carbocycles. The number of nitrogens with two attached hydrogens (primary N) is 1. The first-order valence-corrected chi connectivity index (χ1v) is 13.0. The summed E-state index contributed by atoms with van der Waals surface area (Å²) in [5.74, 6) is -1.38. The zero-order chi connectivity index (χ0) is 27.8. The van der Waals surface area contributed by atoms with E-state index in [4.69, 9.17) is 26.8 Å². The van der Waals surface area contributed by atoms with E-state index in [0.717, 1.165) is 5.57 Å². The summed E-state index contributed by atoms with van der Waals surface area (Å²) < 4.78 is 54.2. The lowest BCUT2D eigenvalue weighted by atomic mass is 9.73. The number of rotatable bonds is 6. The quantitative estimate of drug-likeness (QED) is 0.391. The second-order valence-electron chi connectivity index (χ2n) is 10.2. The van der Waals surface area contributed by atoms with E-state index in [-0.39, 0.29) is 41.8 Å². The third-order valence-electron chi connectivity index (χ3n) is 7.50. The van der Waals surface area contributed by atoms with Crippen LogP contribution in [0.25, 0.3) is 11.1 Å². The van der Waals surface area contributed by atoms with Crippen LogP contribution in [0.3, 0.4) is 0 Å². The number of aliphatic carboxylic acids is 1. The van der Waals surface area contributed by atoms with Gasteiger partial charge in [-0.25, -0.2) is 4.98 Å². The lowest BCUT2D eigenvalue weighted by molar-refractivity contribution is -0.198. The van der Waals surface area contributed by atoms with Gasteiger partial charge in [-0.2, -0.15) is 18.2 Å². The molecule has 216 valence electrons. The molecule has 1 saturated heterocycles. The molecule has 0 bridgehead atoms. The van der Waals surface area contributed by atoms with Gasteiger partial charge in [0.1, 0.15) is 6.04 Å². The van der Waals surface area contributed by atoms with Crippen LogP contribution in [-0.4, -0.2) is 53.0 Å². The van der Waals surface area contributed by atoms with Crippen molar-refractivity contribution in [1.29, 1.82) is 0 Å². The molecule has 0 amide bonds. The van der Waals surface area contributed by atoms with Crippen molar-refractivity contribution in [1.82, 2.24) is 15.3 Å². The Hall–Kier alpha value is -2.86.